The standard InChI is InChI=1S/C15H17F2N3.C5H6N2O/c1-11(7-12-3-4-13(16)8-14(12)17)9-18-10-15-19-5-6-20(15)2;1-7-3-2-6-5(7)4-8/h3-8,18H,9-10H2,1-2H3;2-4H,1H3/b11-7+;. The van der Waals surface area contributed by atoms with E-state index >= 15 is 0 Å². The van der Waals surface area contributed by atoms with Crippen molar-refractivity contribution in [3.05, 3.63) is 77.4 Å². The molecule has 0 radical (unpaired) electrons. The topological polar surface area (TPSA) is 64.7 Å². The first-order valence-electron chi connectivity index (χ1n) is 8.62. The number of nitrogens with zero attached hydrogens (tertiary/aromatic N) is 4. The minimum Gasteiger partial charge on any atom is -0.337 e. The van der Waals surface area contributed by atoms with E-state index in [2.05, 4.69) is 15.3 Å². The van der Waals surface area contributed by atoms with Crippen molar-refractivity contribution in [1.29, 1.82) is 0 Å². The van der Waals surface area contributed by atoms with Crippen molar-refractivity contribution in [1.82, 2.24) is 24.4 Å². The summed E-state index contributed by atoms with van der Waals surface area (Å²) in [7, 11) is 3.71. The zero-order valence-corrected chi connectivity index (χ0v) is 16.1. The Morgan fingerprint density at radius 3 is 2.39 bits per heavy atom. The lowest BCUT2D eigenvalue weighted by Gasteiger charge is -2.06. The predicted molar refractivity (Wildman–Crippen MR) is 104 cm³/mol. The minimum absolute atomic E-state index is 0.391. The molecular weight excluding hydrogens is 364 g/mol. The van der Waals surface area contributed by atoms with Crippen LogP contribution in [0.15, 0.2) is 48.6 Å². The molecular formula is C20H23F2N5O. The third-order valence-corrected chi connectivity index (χ3v) is 3.94. The molecule has 0 unspecified atom stereocenters. The molecule has 3 rings (SSSR count). The van der Waals surface area contributed by atoms with Gasteiger partial charge in [-0.2, -0.15) is 0 Å². The summed E-state index contributed by atoms with van der Waals surface area (Å²) in [5, 5.41) is 3.23. The van der Waals surface area contributed by atoms with Crippen LogP contribution >= 0.6 is 0 Å². The highest BCUT2D eigenvalue weighted by atomic mass is 19.1. The average molecular weight is 387 g/mol. The maximum Gasteiger partial charge on any atom is 0.185 e. The number of halogens is 2. The van der Waals surface area contributed by atoms with Gasteiger partial charge in [-0.05, 0) is 19.1 Å². The number of carbonyl (C=O) groups excluding carboxylic acids is 1. The zero-order chi connectivity index (χ0) is 20.5. The summed E-state index contributed by atoms with van der Waals surface area (Å²) >= 11 is 0. The first-order chi connectivity index (χ1) is 13.4. The van der Waals surface area contributed by atoms with Crippen molar-refractivity contribution in [2.24, 2.45) is 14.1 Å². The van der Waals surface area contributed by atoms with Gasteiger partial charge in [-0.3, -0.25) is 4.79 Å². The molecule has 28 heavy (non-hydrogen) atoms. The van der Waals surface area contributed by atoms with Crippen molar-refractivity contribution in [3.8, 4) is 0 Å². The molecule has 0 aliphatic heterocycles. The minimum atomic E-state index is -0.565. The number of hydrogen-bond acceptors (Lipinski definition) is 4. The molecule has 0 aliphatic carbocycles. The smallest absolute Gasteiger partial charge is 0.185 e. The van der Waals surface area contributed by atoms with Crippen LogP contribution < -0.4 is 5.32 Å². The molecule has 1 N–H and O–H groups in total. The molecule has 0 spiro atoms. The molecule has 0 atom stereocenters. The maximum absolute atomic E-state index is 13.5. The van der Waals surface area contributed by atoms with Crippen LogP contribution in [0.1, 0.15) is 28.9 Å². The maximum atomic E-state index is 13.5. The van der Waals surface area contributed by atoms with Gasteiger partial charge >= 0.3 is 0 Å². The van der Waals surface area contributed by atoms with Crippen molar-refractivity contribution < 1.29 is 13.6 Å². The van der Waals surface area contributed by atoms with E-state index in [1.54, 1.807) is 36.3 Å². The van der Waals surface area contributed by atoms with Gasteiger partial charge in [0.05, 0.1) is 6.54 Å². The van der Waals surface area contributed by atoms with Crippen molar-refractivity contribution in [2.45, 2.75) is 13.5 Å². The second kappa shape index (κ2) is 10.3. The number of benzene rings is 1. The first kappa shape index (κ1) is 21.2. The number of rotatable bonds is 6. The summed E-state index contributed by atoms with van der Waals surface area (Å²) in [4.78, 5) is 17.9. The van der Waals surface area contributed by atoms with E-state index in [0.717, 1.165) is 23.8 Å². The molecule has 0 saturated heterocycles. The largest absolute Gasteiger partial charge is 0.337 e. The van der Waals surface area contributed by atoms with Crippen LogP contribution in [0, 0.1) is 11.6 Å². The Hall–Kier alpha value is -3.13. The van der Waals surface area contributed by atoms with Crippen LogP contribution in [0.3, 0.4) is 0 Å². The SMILES string of the molecule is C/C(=C\c1ccc(F)cc1F)CNCc1nccn1C.Cn1ccnc1C=O. The lowest BCUT2D eigenvalue weighted by atomic mass is 10.1. The summed E-state index contributed by atoms with van der Waals surface area (Å²) < 4.78 is 29.9. The number of aldehydes is 1. The van der Waals surface area contributed by atoms with Crippen LogP contribution in [0.5, 0.6) is 0 Å². The van der Waals surface area contributed by atoms with E-state index in [1.165, 1.54) is 12.1 Å². The number of hydrogen-bond donors (Lipinski definition) is 1. The molecule has 0 bridgehead atoms. The predicted octanol–water partition coefficient (Wildman–Crippen LogP) is 3.12. The number of nitrogens with one attached hydrogen (secondary N) is 1. The Morgan fingerprint density at radius 2 is 1.86 bits per heavy atom. The molecule has 0 aliphatic rings. The second-order valence-corrected chi connectivity index (χ2v) is 6.23. The third kappa shape index (κ3) is 6.24. The molecule has 0 saturated carbocycles. The molecule has 0 fully saturated rings. The highest BCUT2D eigenvalue weighted by Gasteiger charge is 2.02. The second-order valence-electron chi connectivity index (χ2n) is 6.23. The quantitative estimate of drug-likeness (QED) is 0.660. The molecule has 1 aromatic carbocycles. The number of aromatic nitrogens is 4. The summed E-state index contributed by atoms with van der Waals surface area (Å²) in [5.74, 6) is 0.287. The van der Waals surface area contributed by atoms with Crippen LogP contribution in [0.4, 0.5) is 8.78 Å². The van der Waals surface area contributed by atoms with Gasteiger partial charge in [-0.25, -0.2) is 18.7 Å². The Labute approximate surface area is 162 Å². The number of carbonyl (C=O) groups is 1. The van der Waals surface area contributed by atoms with Gasteiger partial charge in [0.15, 0.2) is 12.1 Å². The van der Waals surface area contributed by atoms with E-state index in [1.807, 2.05) is 24.7 Å². The normalized spacial score (nSPS) is 11.1. The molecule has 3 aromatic rings. The lowest BCUT2D eigenvalue weighted by molar-refractivity contribution is 0.111. The van der Waals surface area contributed by atoms with E-state index in [9.17, 15) is 13.6 Å². The van der Waals surface area contributed by atoms with Crippen molar-refractivity contribution in [3.63, 3.8) is 0 Å². The van der Waals surface area contributed by atoms with Gasteiger partial charge < -0.3 is 14.5 Å². The Balaban J connectivity index is 0.000000292. The van der Waals surface area contributed by atoms with E-state index in [-0.39, 0.29) is 0 Å². The van der Waals surface area contributed by atoms with Gasteiger partial charge in [0.1, 0.15) is 17.5 Å². The molecule has 0 amide bonds. The lowest BCUT2D eigenvalue weighted by Crippen LogP contribution is -2.18. The average Bonchev–Trinajstić information content (AvgIpc) is 3.26. The molecule has 8 heteroatoms. The monoisotopic (exact) mass is 387 g/mol. The van der Waals surface area contributed by atoms with Crippen LogP contribution in [0.2, 0.25) is 0 Å². The van der Waals surface area contributed by atoms with Crippen LogP contribution in [0.25, 0.3) is 6.08 Å². The summed E-state index contributed by atoms with van der Waals surface area (Å²) in [6.45, 7) is 3.15. The van der Waals surface area contributed by atoms with Gasteiger partial charge in [0.25, 0.3) is 0 Å². The fourth-order valence-corrected chi connectivity index (χ4v) is 2.36. The molecule has 6 nitrogen and oxygen atoms in total. The van der Waals surface area contributed by atoms with Gasteiger partial charge in [-0.15, -0.1) is 0 Å². The number of aryl methyl sites for hydroxylation is 2. The molecule has 2 heterocycles. The molecule has 148 valence electrons. The van der Waals surface area contributed by atoms with E-state index in [0.29, 0.717) is 24.5 Å². The highest BCUT2D eigenvalue weighted by Crippen LogP contribution is 2.13. The number of imidazole rings is 2. The van der Waals surface area contributed by atoms with Gasteiger partial charge in [0, 0.05) is 57.1 Å². The summed E-state index contributed by atoms with van der Waals surface area (Å²) in [5.41, 5.74) is 1.35. The zero-order valence-electron chi connectivity index (χ0n) is 16.1. The molecule has 2 aromatic heterocycles. The summed E-state index contributed by atoms with van der Waals surface area (Å²) in [6, 6.07) is 3.58. The van der Waals surface area contributed by atoms with Crippen molar-refractivity contribution in [2.75, 3.05) is 6.54 Å². The van der Waals surface area contributed by atoms with E-state index in [4.69, 9.17) is 0 Å². The van der Waals surface area contributed by atoms with Gasteiger partial charge in [-0.1, -0.05) is 11.6 Å². The van der Waals surface area contributed by atoms with Crippen LogP contribution in [-0.2, 0) is 20.6 Å². The van der Waals surface area contributed by atoms with Crippen molar-refractivity contribution >= 4 is 12.4 Å². The summed E-state index contributed by atoms with van der Waals surface area (Å²) in [6.07, 6.45) is 9.37. The first-order valence-corrected chi connectivity index (χ1v) is 8.62. The Kier molecular flexibility index (Phi) is 7.76. The van der Waals surface area contributed by atoms with Gasteiger partial charge in [0.2, 0.25) is 0 Å². The van der Waals surface area contributed by atoms with Crippen LogP contribution in [-0.4, -0.2) is 31.9 Å². The Bertz CT molecular complexity index is 946. The fraction of sp³-hybridized carbons (Fsp3) is 0.250. The Morgan fingerprint density at radius 1 is 1.14 bits per heavy atom. The highest BCUT2D eigenvalue weighted by molar-refractivity contribution is 5.68. The fourth-order valence-electron chi connectivity index (χ4n) is 2.36. The third-order valence-electron chi connectivity index (χ3n) is 3.94. The van der Waals surface area contributed by atoms with E-state index < -0.39 is 11.6 Å².